The molecule has 0 amide bonds. The molecule has 0 saturated carbocycles. The molecule has 0 bridgehead atoms. The van der Waals surface area contributed by atoms with Gasteiger partial charge in [-0.2, -0.15) is 0 Å². The molecular weight excluding hydrogens is 170 g/mol. The van der Waals surface area contributed by atoms with Crippen LogP contribution in [-0.2, 0) is 6.42 Å². The van der Waals surface area contributed by atoms with E-state index in [0.29, 0.717) is 0 Å². The van der Waals surface area contributed by atoms with Gasteiger partial charge in [-0.25, -0.2) is 0 Å². The second-order valence-corrected chi connectivity index (χ2v) is 3.87. The molecule has 1 nitrogen and oxygen atoms in total. The minimum atomic E-state index is 0.726. The molecule has 1 heterocycles. The summed E-state index contributed by atoms with van der Waals surface area (Å²) >= 11 is 0. The Morgan fingerprint density at radius 2 is 2.07 bits per heavy atom. The van der Waals surface area contributed by atoms with Crippen molar-refractivity contribution in [3.8, 4) is 0 Å². The van der Waals surface area contributed by atoms with E-state index in [2.05, 4.69) is 47.8 Å². The third-order valence-electron chi connectivity index (χ3n) is 2.72. The quantitative estimate of drug-likeness (QED) is 0.716. The van der Waals surface area contributed by atoms with Crippen LogP contribution in [0.25, 0.3) is 0 Å². The molecule has 74 valence electrons. The first-order chi connectivity index (χ1) is 6.95. The number of rotatable bonds is 3. The summed E-state index contributed by atoms with van der Waals surface area (Å²) in [5, 5.41) is 3.38. The zero-order valence-electron chi connectivity index (χ0n) is 8.45. The zero-order valence-corrected chi connectivity index (χ0v) is 8.45. The van der Waals surface area contributed by atoms with E-state index in [1.807, 2.05) is 0 Å². The maximum Gasteiger partial charge on any atom is 0.0135 e. The number of hydrogen-bond donors (Lipinski definition) is 1. The summed E-state index contributed by atoms with van der Waals surface area (Å²) in [5.74, 6) is 0.726. The van der Waals surface area contributed by atoms with Crippen molar-refractivity contribution in [2.24, 2.45) is 5.92 Å². The molecule has 1 atom stereocenters. The first kappa shape index (κ1) is 9.47. The highest BCUT2D eigenvalue weighted by atomic mass is 14.9. The highest BCUT2D eigenvalue weighted by Gasteiger charge is 2.07. The van der Waals surface area contributed by atoms with Gasteiger partial charge in [0.05, 0.1) is 0 Å². The zero-order chi connectivity index (χ0) is 9.64. The van der Waals surface area contributed by atoms with E-state index in [1.54, 1.807) is 0 Å². The minimum Gasteiger partial charge on any atom is -0.313 e. The Kier molecular flexibility index (Phi) is 3.36. The molecule has 1 aromatic rings. The van der Waals surface area contributed by atoms with Crippen LogP contribution in [-0.4, -0.2) is 13.1 Å². The van der Waals surface area contributed by atoms with Crippen molar-refractivity contribution < 1.29 is 0 Å². The Bertz CT molecular complexity index is 289. The van der Waals surface area contributed by atoms with Crippen molar-refractivity contribution in [2.45, 2.75) is 12.8 Å². The van der Waals surface area contributed by atoms with E-state index in [-0.39, 0.29) is 0 Å². The lowest BCUT2D eigenvalue weighted by molar-refractivity contribution is 0.522. The van der Waals surface area contributed by atoms with Crippen LogP contribution >= 0.6 is 0 Å². The molecule has 14 heavy (non-hydrogen) atoms. The Hall–Kier alpha value is -1.08. The molecule has 0 aliphatic carbocycles. The van der Waals surface area contributed by atoms with Gasteiger partial charge in [-0.15, -0.1) is 0 Å². The first-order valence-corrected chi connectivity index (χ1v) is 5.36. The van der Waals surface area contributed by atoms with Crippen molar-refractivity contribution in [2.75, 3.05) is 13.1 Å². The largest absolute Gasteiger partial charge is 0.313 e. The number of hydrogen-bond acceptors (Lipinski definition) is 1. The maximum absolute atomic E-state index is 3.38. The molecule has 0 aromatic heterocycles. The van der Waals surface area contributed by atoms with Crippen LogP contribution in [0.3, 0.4) is 0 Å². The Labute approximate surface area is 85.8 Å². The van der Waals surface area contributed by atoms with Crippen molar-refractivity contribution in [1.82, 2.24) is 5.32 Å². The summed E-state index contributed by atoms with van der Waals surface area (Å²) in [6.07, 6.45) is 7.03. The van der Waals surface area contributed by atoms with Gasteiger partial charge in [-0.1, -0.05) is 42.5 Å². The fraction of sp³-hybridized carbons (Fsp3) is 0.385. The molecule has 0 radical (unpaired) electrons. The molecule has 1 aliphatic rings. The highest BCUT2D eigenvalue weighted by molar-refractivity contribution is 5.15. The predicted molar refractivity (Wildman–Crippen MR) is 60.3 cm³/mol. The first-order valence-electron chi connectivity index (χ1n) is 5.36. The number of aryl methyl sites for hydroxylation is 1. The summed E-state index contributed by atoms with van der Waals surface area (Å²) in [6.45, 7) is 2.19. The Balaban J connectivity index is 1.82. The van der Waals surface area contributed by atoms with Crippen LogP contribution in [0.15, 0.2) is 42.5 Å². The van der Waals surface area contributed by atoms with Crippen LogP contribution < -0.4 is 5.32 Å². The molecule has 0 fully saturated rings. The van der Waals surface area contributed by atoms with E-state index < -0.39 is 0 Å². The SMILES string of the molecule is C1=CC(CCc2ccccc2)CNC1. The summed E-state index contributed by atoms with van der Waals surface area (Å²) in [6, 6.07) is 10.7. The molecule has 1 unspecified atom stereocenters. The lowest BCUT2D eigenvalue weighted by Gasteiger charge is -2.17. The van der Waals surface area contributed by atoms with Crippen molar-refractivity contribution in [3.05, 3.63) is 48.0 Å². The number of benzene rings is 1. The standard InChI is InChI=1S/C13H17N/c1-2-5-12(6-3-1)8-9-13-7-4-10-14-11-13/h1-7,13-14H,8-11H2. The van der Waals surface area contributed by atoms with Crippen molar-refractivity contribution in [1.29, 1.82) is 0 Å². The van der Waals surface area contributed by atoms with Crippen molar-refractivity contribution >= 4 is 0 Å². The fourth-order valence-corrected chi connectivity index (χ4v) is 1.88. The average Bonchev–Trinajstić information content (AvgIpc) is 2.29. The van der Waals surface area contributed by atoms with Gasteiger partial charge >= 0.3 is 0 Å². The summed E-state index contributed by atoms with van der Waals surface area (Å²) in [7, 11) is 0. The molecule has 1 heteroatoms. The molecule has 1 aliphatic heterocycles. The summed E-state index contributed by atoms with van der Waals surface area (Å²) in [5.41, 5.74) is 1.45. The van der Waals surface area contributed by atoms with Gasteiger partial charge in [-0.3, -0.25) is 0 Å². The monoisotopic (exact) mass is 187 g/mol. The molecule has 0 saturated heterocycles. The van der Waals surface area contributed by atoms with Gasteiger partial charge in [0, 0.05) is 13.1 Å². The minimum absolute atomic E-state index is 0.726. The fourth-order valence-electron chi connectivity index (χ4n) is 1.88. The topological polar surface area (TPSA) is 12.0 Å². The van der Waals surface area contributed by atoms with Crippen molar-refractivity contribution in [3.63, 3.8) is 0 Å². The van der Waals surface area contributed by atoms with Gasteiger partial charge in [0.1, 0.15) is 0 Å². The van der Waals surface area contributed by atoms with E-state index in [9.17, 15) is 0 Å². The second kappa shape index (κ2) is 4.97. The van der Waals surface area contributed by atoms with Crippen LogP contribution in [0, 0.1) is 5.92 Å². The maximum atomic E-state index is 3.38. The van der Waals surface area contributed by atoms with Gasteiger partial charge in [0.25, 0.3) is 0 Å². The van der Waals surface area contributed by atoms with E-state index in [1.165, 1.54) is 18.4 Å². The third-order valence-corrected chi connectivity index (χ3v) is 2.72. The summed E-state index contributed by atoms with van der Waals surface area (Å²) in [4.78, 5) is 0. The predicted octanol–water partition coefficient (Wildman–Crippen LogP) is 2.39. The highest BCUT2D eigenvalue weighted by Crippen LogP contribution is 2.12. The van der Waals surface area contributed by atoms with Crippen LogP contribution in [0.4, 0.5) is 0 Å². The van der Waals surface area contributed by atoms with Crippen LogP contribution in [0.5, 0.6) is 0 Å². The second-order valence-electron chi connectivity index (χ2n) is 3.87. The third kappa shape index (κ3) is 2.71. The molecular formula is C13H17N. The molecule has 2 rings (SSSR count). The molecule has 1 N–H and O–H groups in total. The van der Waals surface area contributed by atoms with Crippen LogP contribution in [0.1, 0.15) is 12.0 Å². The molecule has 0 spiro atoms. The van der Waals surface area contributed by atoms with Gasteiger partial charge < -0.3 is 5.32 Å². The Morgan fingerprint density at radius 3 is 2.79 bits per heavy atom. The molecule has 1 aromatic carbocycles. The van der Waals surface area contributed by atoms with E-state index in [0.717, 1.165) is 19.0 Å². The van der Waals surface area contributed by atoms with E-state index in [4.69, 9.17) is 0 Å². The Morgan fingerprint density at radius 1 is 1.21 bits per heavy atom. The van der Waals surface area contributed by atoms with Crippen LogP contribution in [0.2, 0.25) is 0 Å². The average molecular weight is 187 g/mol. The summed E-state index contributed by atoms with van der Waals surface area (Å²) < 4.78 is 0. The smallest absolute Gasteiger partial charge is 0.0135 e. The lowest BCUT2D eigenvalue weighted by atomic mass is 9.97. The number of nitrogens with one attached hydrogen (secondary N) is 1. The lowest BCUT2D eigenvalue weighted by Crippen LogP contribution is -2.26. The van der Waals surface area contributed by atoms with E-state index >= 15 is 0 Å². The normalized spacial score (nSPS) is 21.0. The van der Waals surface area contributed by atoms with Gasteiger partial charge in [-0.05, 0) is 24.3 Å². The van der Waals surface area contributed by atoms with Gasteiger partial charge in [0.15, 0.2) is 0 Å². The van der Waals surface area contributed by atoms with Gasteiger partial charge in [0.2, 0.25) is 0 Å².